The van der Waals surface area contributed by atoms with Gasteiger partial charge in [-0.1, -0.05) is 17.7 Å². The number of anilines is 1. The lowest BCUT2D eigenvalue weighted by atomic mass is 10.1. The molecule has 0 spiro atoms. The van der Waals surface area contributed by atoms with Gasteiger partial charge in [0.2, 0.25) is 5.75 Å². The summed E-state index contributed by atoms with van der Waals surface area (Å²) in [5, 5.41) is 7.34. The summed E-state index contributed by atoms with van der Waals surface area (Å²) in [5.41, 5.74) is 1.71. The fourth-order valence-electron chi connectivity index (χ4n) is 2.22. The molecule has 24 heavy (non-hydrogen) atoms. The van der Waals surface area contributed by atoms with Gasteiger partial charge in [-0.2, -0.15) is 0 Å². The Hall–Kier alpha value is -2.18. The van der Waals surface area contributed by atoms with Gasteiger partial charge in [-0.3, -0.25) is 0 Å². The first-order valence-corrected chi connectivity index (χ1v) is 7.96. The van der Waals surface area contributed by atoms with E-state index in [0.717, 1.165) is 11.3 Å². The van der Waals surface area contributed by atoms with Crippen molar-refractivity contribution in [2.24, 2.45) is 0 Å². The van der Waals surface area contributed by atoms with Crippen molar-refractivity contribution in [2.45, 2.75) is 6.54 Å². The van der Waals surface area contributed by atoms with Crippen LogP contribution < -0.4 is 24.8 Å². The highest BCUT2D eigenvalue weighted by molar-refractivity contribution is 7.80. The van der Waals surface area contributed by atoms with Crippen LogP contribution in [0.1, 0.15) is 5.56 Å². The fraction of sp³-hybridized carbons (Fsp3) is 0.235. The van der Waals surface area contributed by atoms with Crippen molar-refractivity contribution in [3.8, 4) is 17.2 Å². The lowest BCUT2D eigenvalue weighted by Gasteiger charge is -2.17. The monoisotopic (exact) mass is 366 g/mol. The maximum atomic E-state index is 5.96. The smallest absolute Gasteiger partial charge is 0.203 e. The van der Waals surface area contributed by atoms with E-state index in [9.17, 15) is 0 Å². The highest BCUT2D eigenvalue weighted by atomic mass is 35.5. The third-order valence-electron chi connectivity index (χ3n) is 3.31. The Kier molecular flexibility index (Phi) is 6.52. The first-order valence-electron chi connectivity index (χ1n) is 7.17. The van der Waals surface area contributed by atoms with E-state index < -0.39 is 0 Å². The van der Waals surface area contributed by atoms with Gasteiger partial charge in [0.1, 0.15) is 0 Å². The standard InChI is InChI=1S/C17H19ClN2O3S/c1-21-14-8-7-11(15(22-2)16(14)23-3)10-19-17(24)20-13-6-4-5-12(18)9-13/h4-9H,10H2,1-3H3,(H2,19,20,24). The van der Waals surface area contributed by atoms with Crippen molar-refractivity contribution in [3.63, 3.8) is 0 Å². The van der Waals surface area contributed by atoms with Gasteiger partial charge in [0.05, 0.1) is 21.3 Å². The van der Waals surface area contributed by atoms with E-state index in [1.807, 2.05) is 24.3 Å². The number of nitrogens with one attached hydrogen (secondary N) is 2. The van der Waals surface area contributed by atoms with E-state index in [0.29, 0.717) is 33.9 Å². The van der Waals surface area contributed by atoms with E-state index in [4.69, 9.17) is 38.0 Å². The van der Waals surface area contributed by atoms with Gasteiger partial charge in [-0.05, 0) is 42.5 Å². The average Bonchev–Trinajstić information content (AvgIpc) is 2.58. The van der Waals surface area contributed by atoms with E-state index in [2.05, 4.69) is 10.6 Å². The molecule has 0 saturated heterocycles. The maximum absolute atomic E-state index is 5.96. The van der Waals surface area contributed by atoms with Gasteiger partial charge >= 0.3 is 0 Å². The summed E-state index contributed by atoms with van der Waals surface area (Å²) >= 11 is 11.3. The molecule has 0 aliphatic rings. The summed E-state index contributed by atoms with van der Waals surface area (Å²) in [6, 6.07) is 11.1. The zero-order chi connectivity index (χ0) is 17.5. The molecular formula is C17H19ClN2O3S. The number of halogens is 1. The maximum Gasteiger partial charge on any atom is 0.203 e. The summed E-state index contributed by atoms with van der Waals surface area (Å²) in [5.74, 6) is 1.76. The van der Waals surface area contributed by atoms with Crippen molar-refractivity contribution < 1.29 is 14.2 Å². The van der Waals surface area contributed by atoms with Crippen molar-refractivity contribution in [2.75, 3.05) is 26.6 Å². The third-order valence-corrected chi connectivity index (χ3v) is 3.79. The Morgan fingerprint density at radius 3 is 2.42 bits per heavy atom. The molecule has 2 aromatic rings. The predicted molar refractivity (Wildman–Crippen MR) is 101 cm³/mol. The summed E-state index contributed by atoms with van der Waals surface area (Å²) in [4.78, 5) is 0. The first-order chi connectivity index (χ1) is 11.6. The molecule has 0 aromatic heterocycles. The fourth-order valence-corrected chi connectivity index (χ4v) is 2.60. The summed E-state index contributed by atoms with van der Waals surface area (Å²) in [6.45, 7) is 0.468. The lowest BCUT2D eigenvalue weighted by Crippen LogP contribution is -2.28. The van der Waals surface area contributed by atoms with E-state index >= 15 is 0 Å². The second-order valence-corrected chi connectivity index (χ2v) is 5.66. The van der Waals surface area contributed by atoms with Crippen molar-refractivity contribution in [1.29, 1.82) is 0 Å². The molecule has 0 bridgehead atoms. The van der Waals surface area contributed by atoms with Gasteiger partial charge in [-0.15, -0.1) is 0 Å². The van der Waals surface area contributed by atoms with Crippen LogP contribution in [0.5, 0.6) is 17.2 Å². The molecule has 5 nitrogen and oxygen atoms in total. The number of hydrogen-bond donors (Lipinski definition) is 2. The quantitative estimate of drug-likeness (QED) is 0.757. The van der Waals surface area contributed by atoms with Crippen molar-refractivity contribution in [3.05, 3.63) is 47.0 Å². The van der Waals surface area contributed by atoms with Crippen LogP contribution in [0.3, 0.4) is 0 Å². The van der Waals surface area contributed by atoms with Crippen LogP contribution in [-0.2, 0) is 6.54 Å². The van der Waals surface area contributed by atoms with Crippen LogP contribution >= 0.6 is 23.8 Å². The van der Waals surface area contributed by atoms with E-state index in [1.54, 1.807) is 33.5 Å². The molecule has 0 saturated carbocycles. The number of benzene rings is 2. The van der Waals surface area contributed by atoms with E-state index in [1.165, 1.54) is 0 Å². The summed E-state index contributed by atoms with van der Waals surface area (Å²) in [6.07, 6.45) is 0. The second-order valence-electron chi connectivity index (χ2n) is 4.81. The molecule has 0 radical (unpaired) electrons. The third kappa shape index (κ3) is 4.43. The molecule has 7 heteroatoms. The van der Waals surface area contributed by atoms with Crippen LogP contribution in [-0.4, -0.2) is 26.4 Å². The Morgan fingerprint density at radius 2 is 1.79 bits per heavy atom. The minimum Gasteiger partial charge on any atom is -0.493 e. The highest BCUT2D eigenvalue weighted by Crippen LogP contribution is 2.39. The molecule has 2 rings (SSSR count). The largest absolute Gasteiger partial charge is 0.493 e. The molecule has 0 aliphatic heterocycles. The van der Waals surface area contributed by atoms with Gasteiger partial charge < -0.3 is 24.8 Å². The number of ether oxygens (including phenoxy) is 3. The Labute approximate surface area is 151 Å². The molecule has 0 atom stereocenters. The molecule has 2 N–H and O–H groups in total. The van der Waals surface area contributed by atoms with Gasteiger partial charge in [0.15, 0.2) is 16.6 Å². The number of hydrogen-bond acceptors (Lipinski definition) is 4. The van der Waals surface area contributed by atoms with Crippen LogP contribution in [0.25, 0.3) is 0 Å². The van der Waals surface area contributed by atoms with E-state index in [-0.39, 0.29) is 0 Å². The van der Waals surface area contributed by atoms with Gasteiger partial charge in [0.25, 0.3) is 0 Å². The SMILES string of the molecule is COc1ccc(CNC(=S)Nc2cccc(Cl)c2)c(OC)c1OC. The van der Waals surface area contributed by atoms with Crippen LogP contribution in [0.4, 0.5) is 5.69 Å². The predicted octanol–water partition coefficient (Wildman–Crippen LogP) is 3.85. The molecule has 0 aliphatic carbocycles. The van der Waals surface area contributed by atoms with Crippen LogP contribution in [0.2, 0.25) is 5.02 Å². The van der Waals surface area contributed by atoms with Crippen LogP contribution in [0.15, 0.2) is 36.4 Å². The molecule has 128 valence electrons. The normalized spacial score (nSPS) is 10.0. The minimum absolute atomic E-state index is 0.468. The second kappa shape index (κ2) is 8.61. The zero-order valence-corrected chi connectivity index (χ0v) is 15.3. The molecule has 2 aromatic carbocycles. The average molecular weight is 367 g/mol. The topological polar surface area (TPSA) is 51.8 Å². The highest BCUT2D eigenvalue weighted by Gasteiger charge is 2.15. The van der Waals surface area contributed by atoms with Crippen LogP contribution in [0, 0.1) is 0 Å². The molecule has 0 heterocycles. The first kappa shape index (κ1) is 18.2. The number of methoxy groups -OCH3 is 3. The number of rotatable bonds is 6. The molecule has 0 fully saturated rings. The Morgan fingerprint density at radius 1 is 1.04 bits per heavy atom. The molecule has 0 amide bonds. The minimum atomic E-state index is 0.468. The van der Waals surface area contributed by atoms with Gasteiger partial charge in [0, 0.05) is 22.8 Å². The summed E-state index contributed by atoms with van der Waals surface area (Å²) in [7, 11) is 4.74. The summed E-state index contributed by atoms with van der Waals surface area (Å²) < 4.78 is 16.1. The Bertz CT molecular complexity index is 725. The lowest BCUT2D eigenvalue weighted by molar-refractivity contribution is 0.322. The molecule has 0 unspecified atom stereocenters. The van der Waals surface area contributed by atoms with Gasteiger partial charge in [-0.25, -0.2) is 0 Å². The zero-order valence-electron chi connectivity index (χ0n) is 13.7. The molecular weight excluding hydrogens is 348 g/mol. The number of thiocarbonyl (C=S) groups is 1. The van der Waals surface area contributed by atoms with Crippen molar-refractivity contribution >= 4 is 34.6 Å². The Balaban J connectivity index is 2.07. The van der Waals surface area contributed by atoms with Crippen molar-refractivity contribution in [1.82, 2.24) is 5.32 Å².